The number of nitrogens with one attached hydrogen (secondary N) is 1. The molecule has 1 aromatic heterocycles. The van der Waals surface area contributed by atoms with Crippen LogP contribution >= 0.6 is 0 Å². The molecule has 0 aliphatic carbocycles. The van der Waals surface area contributed by atoms with Crippen molar-refractivity contribution in [2.75, 3.05) is 5.32 Å². The van der Waals surface area contributed by atoms with E-state index in [4.69, 9.17) is 0 Å². The van der Waals surface area contributed by atoms with E-state index in [0.717, 1.165) is 11.4 Å². The zero-order chi connectivity index (χ0) is 10.1. The first kappa shape index (κ1) is 8.24. The minimum absolute atomic E-state index is 0.985. The summed E-state index contributed by atoms with van der Waals surface area (Å²) in [5.41, 5.74) is 2.03. The van der Waals surface area contributed by atoms with E-state index in [0.29, 0.717) is 0 Å². The fourth-order valence-corrected chi connectivity index (χ4v) is 1.73. The molecule has 2 nitrogen and oxygen atoms in total. The number of rotatable bonds is 0. The molecule has 1 aromatic carbocycles. The summed E-state index contributed by atoms with van der Waals surface area (Å²) in [4.78, 5) is 4.34. The Kier molecular flexibility index (Phi) is 1.78. The zero-order valence-electron chi connectivity index (χ0n) is 8.14. The van der Waals surface area contributed by atoms with Crippen molar-refractivity contribution < 1.29 is 0 Å². The van der Waals surface area contributed by atoms with Crippen LogP contribution in [0.15, 0.2) is 42.6 Å². The number of fused-ring (bicyclic) bond motifs is 2. The maximum atomic E-state index is 4.34. The van der Waals surface area contributed by atoms with Gasteiger partial charge in [-0.3, -0.25) is 4.98 Å². The van der Waals surface area contributed by atoms with Crippen molar-refractivity contribution in [2.45, 2.75) is 0 Å². The molecule has 2 aromatic rings. The van der Waals surface area contributed by atoms with Crippen molar-refractivity contribution in [3.05, 3.63) is 58.7 Å². The van der Waals surface area contributed by atoms with Crippen LogP contribution in [0.2, 0.25) is 0 Å². The highest BCUT2D eigenvalue weighted by atomic mass is 14.9. The van der Waals surface area contributed by atoms with Crippen molar-refractivity contribution in [2.24, 2.45) is 0 Å². The SMILES string of the molecule is C1=c2ccccc2=Cc2ncccc2N1. The normalized spacial score (nSPS) is 12.3. The van der Waals surface area contributed by atoms with Gasteiger partial charge in [-0.25, -0.2) is 0 Å². The molecule has 2 heteroatoms. The van der Waals surface area contributed by atoms with E-state index < -0.39 is 0 Å². The first-order valence-electron chi connectivity index (χ1n) is 4.92. The monoisotopic (exact) mass is 194 g/mol. The Hall–Kier alpha value is -2.09. The van der Waals surface area contributed by atoms with E-state index in [2.05, 4.69) is 28.5 Å². The summed E-state index contributed by atoms with van der Waals surface area (Å²) in [7, 11) is 0. The van der Waals surface area contributed by atoms with Gasteiger partial charge in [0.2, 0.25) is 0 Å². The van der Waals surface area contributed by atoms with Crippen molar-refractivity contribution >= 4 is 18.0 Å². The lowest BCUT2D eigenvalue weighted by atomic mass is 10.2. The smallest absolute Gasteiger partial charge is 0.0870 e. The van der Waals surface area contributed by atoms with Gasteiger partial charge in [0, 0.05) is 12.4 Å². The van der Waals surface area contributed by atoms with Crippen molar-refractivity contribution in [1.82, 2.24) is 4.98 Å². The van der Waals surface area contributed by atoms with Gasteiger partial charge in [0.15, 0.2) is 0 Å². The third kappa shape index (κ3) is 1.40. The predicted octanol–water partition coefficient (Wildman–Crippen LogP) is 1.07. The van der Waals surface area contributed by atoms with Gasteiger partial charge in [0.05, 0.1) is 11.4 Å². The first-order chi connectivity index (χ1) is 7.43. The van der Waals surface area contributed by atoms with Crippen LogP contribution in [0.1, 0.15) is 5.69 Å². The van der Waals surface area contributed by atoms with Crippen LogP contribution in [0.4, 0.5) is 5.69 Å². The van der Waals surface area contributed by atoms with Gasteiger partial charge in [0.25, 0.3) is 0 Å². The van der Waals surface area contributed by atoms with E-state index in [1.165, 1.54) is 10.4 Å². The highest BCUT2D eigenvalue weighted by Crippen LogP contribution is 2.13. The summed E-state index contributed by atoms with van der Waals surface area (Å²) in [5.74, 6) is 0. The standard InChI is InChI=1S/C13H10N2/c1-2-5-11-9-15-12-6-3-7-14-13(12)8-10(11)4-1/h1-9,15H. The van der Waals surface area contributed by atoms with Crippen molar-refractivity contribution in [1.29, 1.82) is 0 Å². The second-order valence-electron chi connectivity index (χ2n) is 3.50. The zero-order valence-corrected chi connectivity index (χ0v) is 8.14. The molecule has 1 aliphatic heterocycles. The topological polar surface area (TPSA) is 24.9 Å². The Morgan fingerprint density at radius 2 is 1.80 bits per heavy atom. The van der Waals surface area contributed by atoms with Crippen LogP contribution < -0.4 is 15.8 Å². The van der Waals surface area contributed by atoms with E-state index in [-0.39, 0.29) is 0 Å². The molecule has 0 amide bonds. The molecular formula is C13H10N2. The minimum atomic E-state index is 0.985. The van der Waals surface area contributed by atoms with Gasteiger partial charge >= 0.3 is 0 Å². The lowest BCUT2D eigenvalue weighted by Crippen LogP contribution is -2.23. The summed E-state index contributed by atoms with van der Waals surface area (Å²) in [5, 5.41) is 5.65. The van der Waals surface area contributed by atoms with E-state index in [1.54, 1.807) is 0 Å². The lowest BCUT2D eigenvalue weighted by molar-refractivity contribution is 1.29. The van der Waals surface area contributed by atoms with Crippen LogP contribution in [-0.2, 0) is 0 Å². The molecule has 0 fully saturated rings. The van der Waals surface area contributed by atoms with Gasteiger partial charge in [-0.1, -0.05) is 24.3 Å². The maximum absolute atomic E-state index is 4.34. The van der Waals surface area contributed by atoms with Gasteiger partial charge in [-0.2, -0.15) is 0 Å². The second-order valence-corrected chi connectivity index (χ2v) is 3.50. The molecule has 0 atom stereocenters. The average Bonchev–Trinajstić information content (AvgIpc) is 2.48. The number of pyridine rings is 1. The van der Waals surface area contributed by atoms with Gasteiger partial charge < -0.3 is 5.32 Å². The van der Waals surface area contributed by atoms with Gasteiger partial charge in [-0.15, -0.1) is 0 Å². The van der Waals surface area contributed by atoms with Gasteiger partial charge in [0.1, 0.15) is 0 Å². The lowest BCUT2D eigenvalue weighted by Gasteiger charge is -2.01. The fraction of sp³-hybridized carbons (Fsp3) is 0. The number of hydrogen-bond donors (Lipinski definition) is 1. The fourth-order valence-electron chi connectivity index (χ4n) is 1.73. The van der Waals surface area contributed by atoms with Crippen LogP contribution in [0.3, 0.4) is 0 Å². The third-order valence-electron chi connectivity index (χ3n) is 2.51. The Morgan fingerprint density at radius 3 is 2.73 bits per heavy atom. The van der Waals surface area contributed by atoms with E-state index in [1.807, 2.05) is 36.7 Å². The van der Waals surface area contributed by atoms with Crippen LogP contribution in [-0.4, -0.2) is 4.98 Å². The number of hydrogen-bond acceptors (Lipinski definition) is 2. The summed E-state index contributed by atoms with van der Waals surface area (Å²) in [6.45, 7) is 0. The first-order valence-corrected chi connectivity index (χ1v) is 4.92. The largest absolute Gasteiger partial charge is 0.359 e. The molecular weight excluding hydrogens is 184 g/mol. The molecule has 0 saturated carbocycles. The van der Waals surface area contributed by atoms with E-state index >= 15 is 0 Å². The summed E-state index contributed by atoms with van der Waals surface area (Å²) in [6, 6.07) is 12.2. The average molecular weight is 194 g/mol. The summed E-state index contributed by atoms with van der Waals surface area (Å²) in [6.07, 6.45) is 5.92. The number of nitrogens with zero attached hydrogens (tertiary/aromatic N) is 1. The molecule has 15 heavy (non-hydrogen) atoms. The highest BCUT2D eigenvalue weighted by molar-refractivity contribution is 5.69. The number of aromatic nitrogens is 1. The second kappa shape index (κ2) is 3.24. The summed E-state index contributed by atoms with van der Waals surface area (Å²) < 4.78 is 0. The maximum Gasteiger partial charge on any atom is 0.0870 e. The van der Waals surface area contributed by atoms with Gasteiger partial charge in [-0.05, 0) is 28.6 Å². The minimum Gasteiger partial charge on any atom is -0.359 e. The van der Waals surface area contributed by atoms with Crippen LogP contribution in [0, 0.1) is 0 Å². The molecule has 0 unspecified atom stereocenters. The molecule has 1 aliphatic rings. The molecule has 0 bridgehead atoms. The molecule has 1 N–H and O–H groups in total. The molecule has 0 saturated heterocycles. The Bertz CT molecular complexity index is 614. The van der Waals surface area contributed by atoms with Crippen LogP contribution in [0.25, 0.3) is 12.3 Å². The Labute approximate surface area is 87.6 Å². The third-order valence-corrected chi connectivity index (χ3v) is 2.51. The molecule has 2 heterocycles. The summed E-state index contributed by atoms with van der Waals surface area (Å²) >= 11 is 0. The van der Waals surface area contributed by atoms with E-state index in [9.17, 15) is 0 Å². The highest BCUT2D eigenvalue weighted by Gasteiger charge is 2.00. The molecule has 3 rings (SSSR count). The molecule has 0 radical (unpaired) electrons. The quantitative estimate of drug-likeness (QED) is 0.678. The van der Waals surface area contributed by atoms with Crippen molar-refractivity contribution in [3.8, 4) is 0 Å². The Morgan fingerprint density at radius 1 is 0.933 bits per heavy atom. The number of anilines is 1. The van der Waals surface area contributed by atoms with Crippen molar-refractivity contribution in [3.63, 3.8) is 0 Å². The Balaban J connectivity index is 2.36. The molecule has 0 spiro atoms. The molecule has 72 valence electrons. The van der Waals surface area contributed by atoms with Crippen LogP contribution in [0.5, 0.6) is 0 Å². The predicted molar refractivity (Wildman–Crippen MR) is 61.6 cm³/mol. The number of benzene rings is 1.